The Morgan fingerprint density at radius 1 is 0.846 bits per heavy atom. The van der Waals surface area contributed by atoms with Gasteiger partial charge in [0.1, 0.15) is 0 Å². The van der Waals surface area contributed by atoms with Gasteiger partial charge in [0.2, 0.25) is 5.91 Å². The van der Waals surface area contributed by atoms with Gasteiger partial charge in [-0.3, -0.25) is 14.7 Å². The van der Waals surface area contributed by atoms with Crippen molar-refractivity contribution < 1.29 is 4.79 Å². The largest absolute Gasteiger partial charge is 0.356 e. The maximum atomic E-state index is 11.4. The molecule has 0 aliphatic carbocycles. The second kappa shape index (κ2) is 12.1. The summed E-state index contributed by atoms with van der Waals surface area (Å²) in [5, 5.41) is 6.83. The van der Waals surface area contributed by atoms with Crippen LogP contribution in [0.15, 0.2) is 4.99 Å². The first-order valence-corrected chi connectivity index (χ1v) is 10.3. The number of carbonyl (C=O) groups is 1. The summed E-state index contributed by atoms with van der Waals surface area (Å²) in [5.74, 6) is 1.08. The molecule has 2 fully saturated rings. The Kier molecular flexibility index (Phi) is 9.77. The summed E-state index contributed by atoms with van der Waals surface area (Å²) in [6, 6.07) is 0. The van der Waals surface area contributed by atoms with Gasteiger partial charge in [0.15, 0.2) is 5.96 Å². The molecule has 2 saturated heterocycles. The summed E-state index contributed by atoms with van der Waals surface area (Å²) in [4.78, 5) is 22.6. The highest BCUT2D eigenvalue weighted by atomic mass is 16.2. The van der Waals surface area contributed by atoms with Crippen LogP contribution in [0.1, 0.15) is 39.0 Å². The molecule has 2 heterocycles. The van der Waals surface area contributed by atoms with E-state index in [9.17, 15) is 4.79 Å². The van der Waals surface area contributed by atoms with Gasteiger partial charge >= 0.3 is 0 Å². The molecule has 2 rings (SSSR count). The zero-order valence-corrected chi connectivity index (χ0v) is 16.8. The number of hydrogen-bond acceptors (Lipinski definition) is 4. The van der Waals surface area contributed by atoms with E-state index in [-0.39, 0.29) is 5.91 Å². The van der Waals surface area contributed by atoms with Gasteiger partial charge in [-0.25, -0.2) is 0 Å². The van der Waals surface area contributed by atoms with E-state index in [1.807, 2.05) is 11.9 Å². The highest BCUT2D eigenvalue weighted by molar-refractivity contribution is 5.79. The second-order valence-electron chi connectivity index (χ2n) is 7.38. The first kappa shape index (κ1) is 21.0. The number of likely N-dealkylation sites (tertiary alicyclic amines) is 1. The predicted molar refractivity (Wildman–Crippen MR) is 108 cm³/mol. The molecule has 7 nitrogen and oxygen atoms in total. The lowest BCUT2D eigenvalue weighted by Gasteiger charge is -2.34. The molecule has 0 atom stereocenters. The maximum Gasteiger partial charge on any atom is 0.219 e. The summed E-state index contributed by atoms with van der Waals surface area (Å²) < 4.78 is 0. The van der Waals surface area contributed by atoms with Gasteiger partial charge in [0.25, 0.3) is 0 Å². The Bertz CT molecular complexity index is 426. The number of aliphatic imine (C=N–C) groups is 1. The van der Waals surface area contributed by atoms with Crippen LogP contribution in [0.3, 0.4) is 0 Å². The van der Waals surface area contributed by atoms with Gasteiger partial charge in [0.05, 0.1) is 0 Å². The molecule has 0 radical (unpaired) electrons. The van der Waals surface area contributed by atoms with E-state index < -0.39 is 0 Å². The molecule has 0 aromatic heterocycles. The Hall–Kier alpha value is -1.34. The number of nitrogens with one attached hydrogen (secondary N) is 2. The van der Waals surface area contributed by atoms with Crippen molar-refractivity contribution in [2.24, 2.45) is 4.99 Å². The fourth-order valence-electron chi connectivity index (χ4n) is 3.71. The molecular weight excluding hydrogens is 328 g/mol. The van der Waals surface area contributed by atoms with Crippen LogP contribution in [0.4, 0.5) is 0 Å². The van der Waals surface area contributed by atoms with Crippen molar-refractivity contribution in [3.05, 3.63) is 0 Å². The third-order valence-corrected chi connectivity index (χ3v) is 5.40. The van der Waals surface area contributed by atoms with E-state index in [4.69, 9.17) is 0 Å². The van der Waals surface area contributed by atoms with Crippen LogP contribution in [0.5, 0.6) is 0 Å². The lowest BCUT2D eigenvalue weighted by molar-refractivity contribution is -0.130. The van der Waals surface area contributed by atoms with Crippen LogP contribution >= 0.6 is 0 Å². The molecule has 0 spiro atoms. The summed E-state index contributed by atoms with van der Waals surface area (Å²) >= 11 is 0. The molecular formula is C19H38N6O. The monoisotopic (exact) mass is 366 g/mol. The first-order chi connectivity index (χ1) is 12.7. The topological polar surface area (TPSA) is 63.2 Å². The van der Waals surface area contributed by atoms with Gasteiger partial charge in [0, 0.05) is 59.8 Å². The molecule has 2 aliphatic heterocycles. The average Bonchev–Trinajstić information content (AvgIpc) is 2.93. The minimum absolute atomic E-state index is 0.188. The average molecular weight is 367 g/mol. The molecule has 0 unspecified atom stereocenters. The number of carbonyl (C=O) groups excluding carboxylic acids is 1. The summed E-state index contributed by atoms with van der Waals surface area (Å²) in [6.07, 6.45) is 6.67. The standard InChI is InChI=1S/C19H38N6O/c1-18(26)25-16-14-24(15-17-25)13-9-22-19(20-2)21-8-7-12-23-10-5-3-4-6-11-23/h3-17H2,1-2H3,(H2,20,21,22). The lowest BCUT2D eigenvalue weighted by atomic mass is 10.2. The van der Waals surface area contributed by atoms with Gasteiger partial charge in [-0.15, -0.1) is 0 Å². The van der Waals surface area contributed by atoms with Crippen molar-refractivity contribution in [1.82, 2.24) is 25.3 Å². The molecule has 7 heteroatoms. The van der Waals surface area contributed by atoms with Crippen molar-refractivity contribution in [3.8, 4) is 0 Å². The molecule has 0 saturated carbocycles. The number of nitrogens with zero attached hydrogens (tertiary/aromatic N) is 4. The third kappa shape index (κ3) is 7.91. The molecule has 0 aromatic carbocycles. The Labute approximate surface area is 159 Å². The summed E-state index contributed by atoms with van der Waals surface area (Å²) in [5.41, 5.74) is 0. The second-order valence-corrected chi connectivity index (χ2v) is 7.38. The van der Waals surface area contributed by atoms with Crippen LogP contribution in [-0.4, -0.2) is 99.1 Å². The normalized spacial score (nSPS) is 20.7. The number of hydrogen-bond donors (Lipinski definition) is 2. The van der Waals surface area contributed by atoms with E-state index in [0.717, 1.165) is 58.2 Å². The van der Waals surface area contributed by atoms with Gasteiger partial charge < -0.3 is 20.4 Å². The predicted octanol–water partition coefficient (Wildman–Crippen LogP) is 0.582. The van der Waals surface area contributed by atoms with E-state index >= 15 is 0 Å². The lowest BCUT2D eigenvalue weighted by Crippen LogP contribution is -2.50. The van der Waals surface area contributed by atoms with E-state index in [0.29, 0.717) is 0 Å². The van der Waals surface area contributed by atoms with Gasteiger partial charge in [-0.05, 0) is 38.9 Å². The van der Waals surface area contributed by atoms with E-state index in [1.165, 1.54) is 45.3 Å². The highest BCUT2D eigenvalue weighted by Gasteiger charge is 2.17. The molecule has 150 valence electrons. The Balaban J connectivity index is 1.52. The third-order valence-electron chi connectivity index (χ3n) is 5.40. The number of amides is 1. The zero-order chi connectivity index (χ0) is 18.6. The molecule has 2 N–H and O–H groups in total. The maximum absolute atomic E-state index is 11.4. The quantitative estimate of drug-likeness (QED) is 0.392. The Morgan fingerprint density at radius 2 is 1.46 bits per heavy atom. The smallest absolute Gasteiger partial charge is 0.219 e. The minimum Gasteiger partial charge on any atom is -0.356 e. The molecule has 0 bridgehead atoms. The minimum atomic E-state index is 0.188. The van der Waals surface area contributed by atoms with E-state index in [2.05, 4.69) is 25.4 Å². The van der Waals surface area contributed by atoms with E-state index in [1.54, 1.807) is 6.92 Å². The van der Waals surface area contributed by atoms with Crippen molar-refractivity contribution >= 4 is 11.9 Å². The highest BCUT2D eigenvalue weighted by Crippen LogP contribution is 2.09. The summed E-state index contributed by atoms with van der Waals surface area (Å²) in [6.45, 7) is 11.8. The van der Waals surface area contributed by atoms with Crippen molar-refractivity contribution in [3.63, 3.8) is 0 Å². The Morgan fingerprint density at radius 3 is 2.08 bits per heavy atom. The van der Waals surface area contributed by atoms with Crippen molar-refractivity contribution in [2.45, 2.75) is 39.0 Å². The van der Waals surface area contributed by atoms with Crippen LogP contribution in [-0.2, 0) is 4.79 Å². The van der Waals surface area contributed by atoms with Gasteiger partial charge in [-0.1, -0.05) is 12.8 Å². The number of rotatable bonds is 7. The van der Waals surface area contributed by atoms with Crippen LogP contribution in [0.25, 0.3) is 0 Å². The SMILES string of the molecule is CN=C(NCCCN1CCCCCC1)NCCN1CCN(C(C)=O)CC1. The van der Waals surface area contributed by atoms with Crippen molar-refractivity contribution in [1.29, 1.82) is 0 Å². The van der Waals surface area contributed by atoms with Gasteiger partial charge in [-0.2, -0.15) is 0 Å². The fraction of sp³-hybridized carbons (Fsp3) is 0.895. The molecule has 1 amide bonds. The first-order valence-electron chi connectivity index (χ1n) is 10.3. The van der Waals surface area contributed by atoms with Crippen molar-refractivity contribution in [2.75, 3.05) is 72.5 Å². The van der Waals surface area contributed by atoms with Crippen LogP contribution in [0, 0.1) is 0 Å². The number of guanidine groups is 1. The number of piperazine rings is 1. The zero-order valence-electron chi connectivity index (χ0n) is 16.8. The molecule has 26 heavy (non-hydrogen) atoms. The summed E-state index contributed by atoms with van der Waals surface area (Å²) in [7, 11) is 1.83. The van der Waals surface area contributed by atoms with Crippen LogP contribution < -0.4 is 10.6 Å². The molecule has 0 aromatic rings. The van der Waals surface area contributed by atoms with Crippen LogP contribution in [0.2, 0.25) is 0 Å². The molecule has 2 aliphatic rings. The fourth-order valence-corrected chi connectivity index (χ4v) is 3.71.